The van der Waals surface area contributed by atoms with Gasteiger partial charge in [-0.25, -0.2) is 0 Å². The molecule has 4 nitrogen and oxygen atoms in total. The van der Waals surface area contributed by atoms with Crippen molar-refractivity contribution in [2.45, 2.75) is 70.6 Å². The molecule has 106 valence electrons. The Hall–Kier alpha value is -0.610. The largest absolute Gasteiger partial charge is 0.468 e. The van der Waals surface area contributed by atoms with Crippen molar-refractivity contribution in [3.05, 3.63) is 0 Å². The van der Waals surface area contributed by atoms with Crippen LogP contribution in [0.2, 0.25) is 0 Å². The number of rotatable bonds is 7. The van der Waals surface area contributed by atoms with Crippen LogP contribution in [0.5, 0.6) is 0 Å². The molecule has 0 heterocycles. The minimum absolute atomic E-state index is 0.154. The highest BCUT2D eigenvalue weighted by atomic mass is 16.5. The van der Waals surface area contributed by atoms with Gasteiger partial charge in [-0.1, -0.05) is 0 Å². The van der Waals surface area contributed by atoms with Crippen LogP contribution in [-0.2, 0) is 9.53 Å². The molecule has 1 fully saturated rings. The minimum atomic E-state index is -0.571. The van der Waals surface area contributed by atoms with Gasteiger partial charge < -0.3 is 9.64 Å². The van der Waals surface area contributed by atoms with E-state index in [0.717, 1.165) is 6.42 Å². The molecule has 0 aliphatic heterocycles. The first-order chi connectivity index (χ1) is 8.30. The number of esters is 1. The Bertz CT molecular complexity index is 290. The lowest BCUT2D eigenvalue weighted by Crippen LogP contribution is -2.55. The van der Waals surface area contributed by atoms with Crippen LogP contribution in [0.15, 0.2) is 0 Å². The highest BCUT2D eigenvalue weighted by Gasteiger charge is 2.41. The van der Waals surface area contributed by atoms with Crippen molar-refractivity contribution in [1.82, 2.24) is 10.2 Å². The van der Waals surface area contributed by atoms with Crippen LogP contribution in [0, 0.1) is 0 Å². The SMILES string of the molecule is COC(=O)C(C)(CC(C)N(C)C(C)C)NC1CC1. The zero-order valence-corrected chi connectivity index (χ0v) is 12.6. The summed E-state index contributed by atoms with van der Waals surface area (Å²) < 4.78 is 4.97. The summed E-state index contributed by atoms with van der Waals surface area (Å²) in [4.78, 5) is 14.3. The molecule has 0 bridgehead atoms. The van der Waals surface area contributed by atoms with Gasteiger partial charge in [0.2, 0.25) is 0 Å². The molecule has 1 rings (SSSR count). The maximum absolute atomic E-state index is 12.0. The normalized spacial score (nSPS) is 20.9. The molecule has 0 radical (unpaired) electrons. The second-order valence-corrected chi connectivity index (χ2v) is 6.05. The zero-order chi connectivity index (χ0) is 13.9. The molecule has 0 amide bonds. The van der Waals surface area contributed by atoms with Gasteiger partial charge in [-0.15, -0.1) is 0 Å². The minimum Gasteiger partial charge on any atom is -0.468 e. The first-order valence-electron chi connectivity index (χ1n) is 6.88. The van der Waals surface area contributed by atoms with Crippen molar-refractivity contribution in [2.24, 2.45) is 0 Å². The summed E-state index contributed by atoms with van der Waals surface area (Å²) in [5.74, 6) is -0.154. The number of carbonyl (C=O) groups is 1. The Morgan fingerprint density at radius 2 is 2.00 bits per heavy atom. The van der Waals surface area contributed by atoms with Crippen molar-refractivity contribution >= 4 is 5.97 Å². The molecule has 2 unspecified atom stereocenters. The average Bonchev–Trinajstić information content (AvgIpc) is 3.09. The van der Waals surface area contributed by atoms with Gasteiger partial charge in [-0.05, 0) is 54.0 Å². The summed E-state index contributed by atoms with van der Waals surface area (Å²) in [6.07, 6.45) is 3.10. The van der Waals surface area contributed by atoms with E-state index in [1.807, 2.05) is 6.92 Å². The van der Waals surface area contributed by atoms with E-state index in [-0.39, 0.29) is 5.97 Å². The average molecular weight is 256 g/mol. The van der Waals surface area contributed by atoms with Crippen LogP contribution in [0.25, 0.3) is 0 Å². The quantitative estimate of drug-likeness (QED) is 0.705. The molecule has 0 spiro atoms. The van der Waals surface area contributed by atoms with Gasteiger partial charge in [0.05, 0.1) is 7.11 Å². The monoisotopic (exact) mass is 256 g/mol. The maximum atomic E-state index is 12.0. The van der Waals surface area contributed by atoms with Gasteiger partial charge in [-0.3, -0.25) is 10.1 Å². The predicted octanol–water partition coefficient (Wildman–Crippen LogP) is 1.79. The van der Waals surface area contributed by atoms with E-state index in [2.05, 4.69) is 38.0 Å². The second kappa shape index (κ2) is 6.02. The van der Waals surface area contributed by atoms with E-state index >= 15 is 0 Å². The van der Waals surface area contributed by atoms with Gasteiger partial charge in [0, 0.05) is 18.1 Å². The van der Waals surface area contributed by atoms with Crippen LogP contribution in [-0.4, -0.2) is 48.7 Å². The lowest BCUT2D eigenvalue weighted by Gasteiger charge is -2.36. The number of nitrogens with zero attached hydrogens (tertiary/aromatic N) is 1. The Balaban J connectivity index is 2.67. The lowest BCUT2D eigenvalue weighted by molar-refractivity contribution is -0.149. The number of hydrogen-bond donors (Lipinski definition) is 1. The van der Waals surface area contributed by atoms with E-state index in [4.69, 9.17) is 4.74 Å². The lowest BCUT2D eigenvalue weighted by atomic mass is 9.92. The molecule has 0 aromatic carbocycles. The van der Waals surface area contributed by atoms with Gasteiger partial charge in [-0.2, -0.15) is 0 Å². The van der Waals surface area contributed by atoms with Crippen molar-refractivity contribution in [3.8, 4) is 0 Å². The standard InChI is InChI=1S/C14H28N2O2/c1-10(2)16(5)11(3)9-14(4,13(17)18-6)15-12-7-8-12/h10-12,15H,7-9H2,1-6H3. The van der Waals surface area contributed by atoms with Gasteiger partial charge in [0.25, 0.3) is 0 Å². The Labute approximate surface area is 111 Å². The summed E-state index contributed by atoms with van der Waals surface area (Å²) in [6.45, 7) is 8.46. The smallest absolute Gasteiger partial charge is 0.325 e. The van der Waals surface area contributed by atoms with Gasteiger partial charge in [0.1, 0.15) is 5.54 Å². The fraction of sp³-hybridized carbons (Fsp3) is 0.929. The fourth-order valence-electron chi connectivity index (χ4n) is 2.35. The number of methoxy groups -OCH3 is 1. The molecule has 18 heavy (non-hydrogen) atoms. The van der Waals surface area contributed by atoms with Crippen LogP contribution in [0.3, 0.4) is 0 Å². The third-order valence-electron chi connectivity index (χ3n) is 3.95. The van der Waals surface area contributed by atoms with E-state index in [0.29, 0.717) is 18.1 Å². The molecular formula is C14H28N2O2. The molecule has 0 saturated heterocycles. The van der Waals surface area contributed by atoms with Crippen LogP contribution >= 0.6 is 0 Å². The molecule has 0 aromatic heterocycles. The summed E-state index contributed by atoms with van der Waals surface area (Å²) >= 11 is 0. The third kappa shape index (κ3) is 3.95. The summed E-state index contributed by atoms with van der Waals surface area (Å²) in [7, 11) is 3.57. The third-order valence-corrected chi connectivity index (χ3v) is 3.95. The van der Waals surface area contributed by atoms with E-state index in [1.54, 1.807) is 0 Å². The summed E-state index contributed by atoms with van der Waals surface area (Å²) in [5, 5.41) is 3.44. The highest BCUT2D eigenvalue weighted by Crippen LogP contribution is 2.26. The van der Waals surface area contributed by atoms with E-state index in [1.165, 1.54) is 20.0 Å². The van der Waals surface area contributed by atoms with E-state index < -0.39 is 5.54 Å². The van der Waals surface area contributed by atoms with Crippen molar-refractivity contribution in [3.63, 3.8) is 0 Å². The molecule has 2 atom stereocenters. The second-order valence-electron chi connectivity index (χ2n) is 6.05. The van der Waals surface area contributed by atoms with Crippen molar-refractivity contribution in [1.29, 1.82) is 0 Å². The first kappa shape index (κ1) is 15.4. The fourth-order valence-corrected chi connectivity index (χ4v) is 2.35. The van der Waals surface area contributed by atoms with Gasteiger partial charge in [0.15, 0.2) is 0 Å². The zero-order valence-electron chi connectivity index (χ0n) is 12.6. The highest BCUT2D eigenvalue weighted by molar-refractivity contribution is 5.80. The Morgan fingerprint density at radius 3 is 2.39 bits per heavy atom. The van der Waals surface area contributed by atoms with Gasteiger partial charge >= 0.3 is 5.97 Å². The molecule has 0 aromatic rings. The number of carbonyl (C=O) groups excluding carboxylic acids is 1. The van der Waals surface area contributed by atoms with Crippen LogP contribution in [0.4, 0.5) is 0 Å². The van der Waals surface area contributed by atoms with Crippen molar-refractivity contribution in [2.75, 3.05) is 14.2 Å². The first-order valence-corrected chi connectivity index (χ1v) is 6.88. The number of hydrogen-bond acceptors (Lipinski definition) is 4. The number of ether oxygens (including phenoxy) is 1. The van der Waals surface area contributed by atoms with Crippen LogP contribution in [0.1, 0.15) is 47.0 Å². The molecule has 1 aliphatic rings. The molecule has 4 heteroatoms. The number of nitrogens with one attached hydrogen (secondary N) is 1. The summed E-state index contributed by atoms with van der Waals surface area (Å²) in [6, 6.07) is 1.30. The predicted molar refractivity (Wildman–Crippen MR) is 73.6 cm³/mol. The summed E-state index contributed by atoms with van der Waals surface area (Å²) in [5.41, 5.74) is -0.571. The van der Waals surface area contributed by atoms with Crippen LogP contribution < -0.4 is 5.32 Å². The van der Waals surface area contributed by atoms with Crippen molar-refractivity contribution < 1.29 is 9.53 Å². The molecule has 1 N–H and O–H groups in total. The molecular weight excluding hydrogens is 228 g/mol. The maximum Gasteiger partial charge on any atom is 0.325 e. The topological polar surface area (TPSA) is 41.6 Å². The molecule has 1 aliphatic carbocycles. The Morgan fingerprint density at radius 1 is 1.44 bits per heavy atom. The Kier molecular flexibility index (Phi) is 5.17. The van der Waals surface area contributed by atoms with E-state index in [9.17, 15) is 4.79 Å². The molecule has 1 saturated carbocycles.